The van der Waals surface area contributed by atoms with Crippen molar-refractivity contribution in [3.63, 3.8) is 0 Å². The van der Waals surface area contributed by atoms with Gasteiger partial charge in [0.25, 0.3) is 0 Å². The number of piperazine rings is 1. The maximum Gasteiger partial charge on any atom is 0.416 e. The third-order valence-corrected chi connectivity index (χ3v) is 8.09. The standard InChI is InChI=1S/C25H25BrClN3O4/c1-14(2)10-18-22(32)29-20(21(31)28-18)12-25(26)17-11-16(27)8-9-19(17)30(23(25)29)24(33)34-13-15-6-4-3-5-7-15/h3-9,11,14,18,20,23H,10,12-13H2,1-2H3,(H,28,31)/t18-,20+,23+,25+/m1/s1. The molecule has 2 saturated heterocycles. The summed E-state index contributed by atoms with van der Waals surface area (Å²) in [6.07, 6.45) is -0.493. The Morgan fingerprint density at radius 2 is 1.97 bits per heavy atom. The van der Waals surface area contributed by atoms with Gasteiger partial charge in [0.15, 0.2) is 0 Å². The molecule has 3 amide bonds. The van der Waals surface area contributed by atoms with E-state index in [0.29, 0.717) is 23.6 Å². The van der Waals surface area contributed by atoms with E-state index in [9.17, 15) is 14.4 Å². The number of hydrogen-bond donors (Lipinski definition) is 1. The van der Waals surface area contributed by atoms with Crippen LogP contribution in [0, 0.1) is 5.92 Å². The summed E-state index contributed by atoms with van der Waals surface area (Å²) in [7, 11) is 0. The van der Waals surface area contributed by atoms with E-state index in [0.717, 1.165) is 11.1 Å². The number of carbonyl (C=O) groups is 3. The predicted molar refractivity (Wildman–Crippen MR) is 132 cm³/mol. The Bertz CT molecular complexity index is 1160. The summed E-state index contributed by atoms with van der Waals surface area (Å²) < 4.78 is 4.84. The lowest BCUT2D eigenvalue weighted by molar-refractivity contribution is -0.149. The molecule has 0 bridgehead atoms. The molecule has 2 fully saturated rings. The fourth-order valence-electron chi connectivity index (χ4n) is 5.26. The maximum absolute atomic E-state index is 13.6. The number of halogens is 2. The van der Waals surface area contributed by atoms with Gasteiger partial charge in [-0.1, -0.05) is 71.7 Å². The van der Waals surface area contributed by atoms with E-state index in [-0.39, 0.29) is 24.3 Å². The average Bonchev–Trinajstić information content (AvgIpc) is 3.24. The second-order valence-corrected chi connectivity index (χ2v) is 11.3. The summed E-state index contributed by atoms with van der Waals surface area (Å²) in [5.74, 6) is -0.183. The molecular weight excluding hydrogens is 522 g/mol. The minimum Gasteiger partial charge on any atom is -0.444 e. The van der Waals surface area contributed by atoms with Gasteiger partial charge in [0.2, 0.25) is 11.8 Å². The minimum absolute atomic E-state index is 0.0922. The van der Waals surface area contributed by atoms with Crippen molar-refractivity contribution in [3.05, 3.63) is 64.7 Å². The topological polar surface area (TPSA) is 79.0 Å². The Hall–Kier alpha value is -2.58. The van der Waals surface area contributed by atoms with Gasteiger partial charge in [0.05, 0.1) is 10.0 Å². The van der Waals surface area contributed by atoms with Crippen LogP contribution in [0.2, 0.25) is 5.02 Å². The van der Waals surface area contributed by atoms with Crippen LogP contribution in [0.15, 0.2) is 48.5 Å². The molecule has 9 heteroatoms. The van der Waals surface area contributed by atoms with Gasteiger partial charge in [-0.2, -0.15) is 0 Å². The molecule has 0 saturated carbocycles. The average molecular weight is 547 g/mol. The molecule has 2 aromatic rings. The SMILES string of the molecule is CC(C)C[C@H]1NC(=O)[C@@H]2C[C@]3(Br)c4cc(Cl)ccc4N(C(=O)OCc4ccccc4)[C@@H]3N2C1=O. The fourth-order valence-corrected chi connectivity index (χ4v) is 6.48. The van der Waals surface area contributed by atoms with Crippen molar-refractivity contribution in [2.45, 2.75) is 55.9 Å². The van der Waals surface area contributed by atoms with E-state index < -0.39 is 28.7 Å². The summed E-state index contributed by atoms with van der Waals surface area (Å²) in [5.41, 5.74) is 2.23. The number of ether oxygens (including phenoxy) is 1. The van der Waals surface area contributed by atoms with Crippen molar-refractivity contribution in [1.82, 2.24) is 10.2 Å². The minimum atomic E-state index is -0.844. The van der Waals surface area contributed by atoms with Crippen molar-refractivity contribution < 1.29 is 19.1 Å². The van der Waals surface area contributed by atoms with Gasteiger partial charge in [0, 0.05) is 11.4 Å². The van der Waals surface area contributed by atoms with Crippen LogP contribution >= 0.6 is 27.5 Å². The molecule has 178 valence electrons. The number of hydrogen-bond acceptors (Lipinski definition) is 4. The third-order valence-electron chi connectivity index (χ3n) is 6.69. The number of benzene rings is 2. The Kier molecular flexibility index (Phi) is 5.84. The quantitative estimate of drug-likeness (QED) is 0.571. The molecule has 2 aromatic carbocycles. The Morgan fingerprint density at radius 3 is 2.68 bits per heavy atom. The number of alkyl halides is 1. The number of carbonyl (C=O) groups excluding carboxylic acids is 3. The number of nitrogens with zero attached hydrogens (tertiary/aromatic N) is 2. The lowest BCUT2D eigenvalue weighted by atomic mass is 9.95. The molecule has 0 aromatic heterocycles. The number of nitrogens with one attached hydrogen (secondary N) is 1. The summed E-state index contributed by atoms with van der Waals surface area (Å²) in [6, 6.07) is 13.3. The zero-order valence-corrected chi connectivity index (χ0v) is 21.2. The number of amides is 3. The van der Waals surface area contributed by atoms with Crippen LogP contribution in [-0.4, -0.2) is 41.1 Å². The molecule has 0 spiro atoms. The highest BCUT2D eigenvalue weighted by atomic mass is 79.9. The molecule has 0 unspecified atom stereocenters. The van der Waals surface area contributed by atoms with Gasteiger partial charge in [-0.15, -0.1) is 0 Å². The van der Waals surface area contributed by atoms with Crippen molar-refractivity contribution >= 4 is 51.1 Å². The highest BCUT2D eigenvalue weighted by molar-refractivity contribution is 9.09. The molecule has 34 heavy (non-hydrogen) atoms. The number of fused-ring (bicyclic) bond motifs is 5. The normalized spacial score (nSPS) is 27.4. The molecule has 3 heterocycles. The fraction of sp³-hybridized carbons (Fsp3) is 0.400. The van der Waals surface area contributed by atoms with Crippen LogP contribution in [0.3, 0.4) is 0 Å². The van der Waals surface area contributed by atoms with E-state index in [1.54, 1.807) is 23.1 Å². The van der Waals surface area contributed by atoms with Gasteiger partial charge in [-0.25, -0.2) is 4.79 Å². The van der Waals surface area contributed by atoms with Gasteiger partial charge in [-0.3, -0.25) is 14.5 Å². The first-order valence-corrected chi connectivity index (χ1v) is 12.5. The smallest absolute Gasteiger partial charge is 0.416 e. The molecule has 3 aliphatic rings. The van der Waals surface area contributed by atoms with E-state index in [4.69, 9.17) is 16.3 Å². The van der Waals surface area contributed by atoms with Crippen LogP contribution in [-0.2, 0) is 25.3 Å². The van der Waals surface area contributed by atoms with Crippen LogP contribution in [0.4, 0.5) is 10.5 Å². The van der Waals surface area contributed by atoms with Crippen molar-refractivity contribution in [2.24, 2.45) is 5.92 Å². The summed E-state index contributed by atoms with van der Waals surface area (Å²) in [5, 5.41) is 3.40. The highest BCUT2D eigenvalue weighted by Gasteiger charge is 2.66. The van der Waals surface area contributed by atoms with Gasteiger partial charge < -0.3 is 15.0 Å². The second-order valence-electron chi connectivity index (χ2n) is 9.46. The highest BCUT2D eigenvalue weighted by Crippen LogP contribution is 2.59. The molecule has 1 N–H and O–H groups in total. The van der Waals surface area contributed by atoms with Crippen LogP contribution < -0.4 is 10.2 Å². The Balaban J connectivity index is 1.54. The van der Waals surface area contributed by atoms with Crippen LogP contribution in [0.5, 0.6) is 0 Å². The third kappa shape index (κ3) is 3.67. The summed E-state index contributed by atoms with van der Waals surface area (Å²) >= 11 is 10.2. The van der Waals surface area contributed by atoms with Gasteiger partial charge in [0.1, 0.15) is 24.9 Å². The molecule has 0 radical (unpaired) electrons. The predicted octanol–water partition coefficient (Wildman–Crippen LogP) is 4.56. The van der Waals surface area contributed by atoms with Crippen molar-refractivity contribution in [3.8, 4) is 0 Å². The largest absolute Gasteiger partial charge is 0.444 e. The second kappa shape index (κ2) is 8.57. The lowest BCUT2D eigenvalue weighted by Crippen LogP contribution is -2.66. The van der Waals surface area contributed by atoms with E-state index >= 15 is 0 Å². The number of anilines is 1. The monoisotopic (exact) mass is 545 g/mol. The Morgan fingerprint density at radius 1 is 1.24 bits per heavy atom. The molecule has 0 aliphatic carbocycles. The summed E-state index contributed by atoms with van der Waals surface area (Å²) in [4.78, 5) is 43.2. The zero-order valence-electron chi connectivity index (χ0n) is 18.8. The molecule has 3 aliphatic heterocycles. The molecular formula is C25H25BrClN3O4. The van der Waals surface area contributed by atoms with Crippen molar-refractivity contribution in [2.75, 3.05) is 4.90 Å². The lowest BCUT2D eigenvalue weighted by Gasteiger charge is -2.41. The summed E-state index contributed by atoms with van der Waals surface area (Å²) in [6.45, 7) is 4.10. The molecule has 5 rings (SSSR count). The van der Waals surface area contributed by atoms with Crippen molar-refractivity contribution in [1.29, 1.82) is 0 Å². The molecule has 7 nitrogen and oxygen atoms in total. The Labute approximate surface area is 211 Å². The first-order valence-electron chi connectivity index (χ1n) is 11.3. The van der Waals surface area contributed by atoms with Crippen LogP contribution in [0.25, 0.3) is 0 Å². The molecule has 4 atom stereocenters. The van der Waals surface area contributed by atoms with E-state index in [2.05, 4.69) is 21.2 Å². The van der Waals surface area contributed by atoms with E-state index in [1.165, 1.54) is 4.90 Å². The van der Waals surface area contributed by atoms with Crippen LogP contribution in [0.1, 0.15) is 37.8 Å². The van der Waals surface area contributed by atoms with Gasteiger partial charge >= 0.3 is 6.09 Å². The van der Waals surface area contributed by atoms with Gasteiger partial charge in [-0.05, 0) is 41.7 Å². The first-order chi connectivity index (χ1) is 16.2. The maximum atomic E-state index is 13.6. The zero-order chi connectivity index (χ0) is 24.2. The first kappa shape index (κ1) is 23.2. The number of rotatable bonds is 4. The van der Waals surface area contributed by atoms with E-state index in [1.807, 2.05) is 44.2 Å².